The number of carbonyl (C=O) groups excluding carboxylic acids is 1. The standard InChI is InChI=1S/C17H19FN2O3S/c1-3-20-24(22,23)15-6-4-5-14(10-15)17(21)19-11-13-8-7-12(2)16(18)9-13/h4-10,20H,3,11H2,1-2H3,(H,19,21). The Hall–Kier alpha value is -2.25. The summed E-state index contributed by atoms with van der Waals surface area (Å²) in [6.07, 6.45) is 0. The van der Waals surface area contributed by atoms with E-state index in [2.05, 4.69) is 10.0 Å². The lowest BCUT2D eigenvalue weighted by Gasteiger charge is -2.09. The van der Waals surface area contributed by atoms with Crippen LogP contribution in [0.3, 0.4) is 0 Å². The monoisotopic (exact) mass is 350 g/mol. The Kier molecular flexibility index (Phi) is 5.69. The van der Waals surface area contributed by atoms with Gasteiger partial charge in [0.2, 0.25) is 10.0 Å². The van der Waals surface area contributed by atoms with Crippen LogP contribution in [0.2, 0.25) is 0 Å². The first kappa shape index (κ1) is 18.1. The molecule has 5 nitrogen and oxygen atoms in total. The minimum absolute atomic E-state index is 0.0263. The van der Waals surface area contributed by atoms with Crippen LogP contribution in [0, 0.1) is 12.7 Å². The highest BCUT2D eigenvalue weighted by Gasteiger charge is 2.15. The molecule has 1 amide bonds. The normalized spacial score (nSPS) is 11.3. The van der Waals surface area contributed by atoms with E-state index in [9.17, 15) is 17.6 Å². The van der Waals surface area contributed by atoms with E-state index in [4.69, 9.17) is 0 Å². The number of amides is 1. The van der Waals surface area contributed by atoms with Gasteiger partial charge < -0.3 is 5.32 Å². The van der Waals surface area contributed by atoms with E-state index in [1.54, 1.807) is 26.0 Å². The van der Waals surface area contributed by atoms with E-state index in [-0.39, 0.29) is 29.4 Å². The summed E-state index contributed by atoms with van der Waals surface area (Å²) < 4.78 is 39.8. The van der Waals surface area contributed by atoms with Gasteiger partial charge in [0.15, 0.2) is 0 Å². The largest absolute Gasteiger partial charge is 0.348 e. The summed E-state index contributed by atoms with van der Waals surface area (Å²) in [5, 5.41) is 2.65. The number of rotatable bonds is 6. The SMILES string of the molecule is CCNS(=O)(=O)c1cccc(C(=O)NCc2ccc(C)c(F)c2)c1. The van der Waals surface area contributed by atoms with Gasteiger partial charge in [0, 0.05) is 18.7 Å². The van der Waals surface area contributed by atoms with Gasteiger partial charge in [0.1, 0.15) is 5.82 Å². The van der Waals surface area contributed by atoms with Crippen LogP contribution in [0.1, 0.15) is 28.4 Å². The van der Waals surface area contributed by atoms with Gasteiger partial charge >= 0.3 is 0 Å². The van der Waals surface area contributed by atoms with Crippen molar-refractivity contribution in [3.8, 4) is 0 Å². The second-order valence-electron chi connectivity index (χ2n) is 5.30. The lowest BCUT2D eigenvalue weighted by Crippen LogP contribution is -2.25. The van der Waals surface area contributed by atoms with Crippen LogP contribution in [-0.4, -0.2) is 20.9 Å². The van der Waals surface area contributed by atoms with Gasteiger partial charge in [0.05, 0.1) is 4.90 Å². The molecule has 0 heterocycles. The number of hydrogen-bond donors (Lipinski definition) is 2. The fourth-order valence-electron chi connectivity index (χ4n) is 2.11. The molecule has 0 radical (unpaired) electrons. The summed E-state index contributed by atoms with van der Waals surface area (Å²) in [6, 6.07) is 10.5. The van der Waals surface area contributed by atoms with E-state index in [0.717, 1.165) is 0 Å². The van der Waals surface area contributed by atoms with E-state index >= 15 is 0 Å². The highest BCUT2D eigenvalue weighted by atomic mass is 32.2. The molecule has 7 heteroatoms. The molecule has 0 bridgehead atoms. The molecule has 0 saturated heterocycles. The minimum Gasteiger partial charge on any atom is -0.348 e. The average Bonchev–Trinajstić information content (AvgIpc) is 2.56. The Labute approximate surface area is 141 Å². The zero-order chi connectivity index (χ0) is 17.7. The maximum absolute atomic E-state index is 13.5. The van der Waals surface area contributed by atoms with E-state index in [1.165, 1.54) is 30.3 Å². The topological polar surface area (TPSA) is 75.3 Å². The van der Waals surface area contributed by atoms with Gasteiger partial charge in [-0.05, 0) is 42.3 Å². The van der Waals surface area contributed by atoms with Crippen LogP contribution in [0.25, 0.3) is 0 Å². The lowest BCUT2D eigenvalue weighted by molar-refractivity contribution is 0.0950. The smallest absolute Gasteiger partial charge is 0.251 e. The predicted octanol–water partition coefficient (Wildman–Crippen LogP) is 2.36. The van der Waals surface area contributed by atoms with Crippen LogP contribution >= 0.6 is 0 Å². The molecule has 0 fully saturated rings. The molecule has 0 aliphatic rings. The number of nitrogens with one attached hydrogen (secondary N) is 2. The summed E-state index contributed by atoms with van der Waals surface area (Å²) in [4.78, 5) is 12.2. The number of hydrogen-bond acceptors (Lipinski definition) is 3. The van der Waals surface area contributed by atoms with Gasteiger partial charge in [0.25, 0.3) is 5.91 Å². The van der Waals surface area contributed by atoms with Crippen LogP contribution in [0.4, 0.5) is 4.39 Å². The zero-order valence-corrected chi connectivity index (χ0v) is 14.3. The molecule has 128 valence electrons. The number of sulfonamides is 1. The molecule has 0 unspecified atom stereocenters. The Balaban J connectivity index is 2.11. The Morgan fingerprint density at radius 1 is 1.17 bits per heavy atom. The van der Waals surface area contributed by atoms with Gasteiger partial charge in [-0.3, -0.25) is 4.79 Å². The third kappa shape index (κ3) is 4.39. The van der Waals surface area contributed by atoms with Crippen LogP contribution in [-0.2, 0) is 16.6 Å². The number of halogens is 1. The summed E-state index contributed by atoms with van der Waals surface area (Å²) in [5.41, 5.74) is 1.39. The van der Waals surface area contributed by atoms with Crippen molar-refractivity contribution in [2.45, 2.75) is 25.3 Å². The van der Waals surface area contributed by atoms with E-state index in [0.29, 0.717) is 11.1 Å². The van der Waals surface area contributed by atoms with Gasteiger partial charge in [-0.15, -0.1) is 0 Å². The van der Waals surface area contributed by atoms with E-state index < -0.39 is 15.9 Å². The average molecular weight is 350 g/mol. The Morgan fingerprint density at radius 2 is 1.92 bits per heavy atom. The molecule has 0 aromatic heterocycles. The van der Waals surface area contributed by atoms with Crippen LogP contribution in [0.5, 0.6) is 0 Å². The molecule has 0 aliphatic carbocycles. The Morgan fingerprint density at radius 3 is 2.58 bits per heavy atom. The molecule has 0 aliphatic heterocycles. The van der Waals surface area contributed by atoms with Crippen molar-refractivity contribution in [2.24, 2.45) is 0 Å². The summed E-state index contributed by atoms with van der Waals surface area (Å²) in [6.45, 7) is 3.75. The fourth-order valence-corrected chi connectivity index (χ4v) is 3.20. The van der Waals surface area contributed by atoms with Crippen LogP contribution < -0.4 is 10.0 Å². The molecule has 0 atom stereocenters. The van der Waals surface area contributed by atoms with Crippen LogP contribution in [0.15, 0.2) is 47.4 Å². The molecular weight excluding hydrogens is 331 g/mol. The first-order valence-corrected chi connectivity index (χ1v) is 8.95. The van der Waals surface area contributed by atoms with Crippen molar-refractivity contribution in [3.63, 3.8) is 0 Å². The third-order valence-corrected chi connectivity index (χ3v) is 4.97. The summed E-state index contributed by atoms with van der Waals surface area (Å²) in [7, 11) is -3.62. The van der Waals surface area contributed by atoms with Crippen molar-refractivity contribution in [2.75, 3.05) is 6.54 Å². The van der Waals surface area contributed by atoms with Crippen molar-refractivity contribution >= 4 is 15.9 Å². The highest BCUT2D eigenvalue weighted by molar-refractivity contribution is 7.89. The number of benzene rings is 2. The first-order valence-electron chi connectivity index (χ1n) is 7.46. The van der Waals surface area contributed by atoms with Crippen molar-refractivity contribution < 1.29 is 17.6 Å². The highest BCUT2D eigenvalue weighted by Crippen LogP contribution is 2.12. The van der Waals surface area contributed by atoms with Crippen molar-refractivity contribution in [1.82, 2.24) is 10.0 Å². The first-order chi connectivity index (χ1) is 11.3. The van der Waals surface area contributed by atoms with Gasteiger partial charge in [-0.25, -0.2) is 17.5 Å². The third-order valence-electron chi connectivity index (χ3n) is 3.43. The van der Waals surface area contributed by atoms with Crippen molar-refractivity contribution in [3.05, 3.63) is 65.0 Å². The molecular formula is C17H19FN2O3S. The Bertz CT molecular complexity index is 851. The van der Waals surface area contributed by atoms with E-state index in [1.807, 2.05) is 0 Å². The molecule has 2 N–H and O–H groups in total. The fraction of sp³-hybridized carbons (Fsp3) is 0.235. The molecule has 2 aromatic rings. The summed E-state index contributed by atoms with van der Waals surface area (Å²) in [5.74, 6) is -0.759. The zero-order valence-electron chi connectivity index (χ0n) is 13.5. The second-order valence-corrected chi connectivity index (χ2v) is 7.06. The maximum atomic E-state index is 13.5. The summed E-state index contributed by atoms with van der Waals surface area (Å²) >= 11 is 0. The number of carbonyl (C=O) groups is 1. The quantitative estimate of drug-likeness (QED) is 0.840. The molecule has 0 spiro atoms. The second kappa shape index (κ2) is 7.55. The predicted molar refractivity (Wildman–Crippen MR) is 89.6 cm³/mol. The molecule has 2 rings (SSSR count). The number of aryl methyl sites for hydroxylation is 1. The molecule has 2 aromatic carbocycles. The minimum atomic E-state index is -3.62. The molecule has 24 heavy (non-hydrogen) atoms. The van der Waals surface area contributed by atoms with Gasteiger partial charge in [-0.1, -0.05) is 25.1 Å². The maximum Gasteiger partial charge on any atom is 0.251 e. The van der Waals surface area contributed by atoms with Gasteiger partial charge in [-0.2, -0.15) is 0 Å². The molecule has 0 saturated carbocycles. The lowest BCUT2D eigenvalue weighted by atomic mass is 10.1. The van der Waals surface area contributed by atoms with Crippen molar-refractivity contribution in [1.29, 1.82) is 0 Å².